The summed E-state index contributed by atoms with van der Waals surface area (Å²) in [4.78, 5) is 16.4. The SMILES string of the molecule is Cc1[nH]c2ccc(O)cc2c1CCNC(=O)c1nn(Cc2ccc(Cl)cc2)c2ccccc12. The minimum absolute atomic E-state index is 0.207. The Balaban J connectivity index is 1.35. The molecule has 5 aromatic rings. The fourth-order valence-corrected chi connectivity index (χ4v) is 4.38. The molecule has 0 unspecified atom stereocenters. The van der Waals surface area contributed by atoms with Crippen LogP contribution in [0.1, 0.15) is 27.3 Å². The van der Waals surface area contributed by atoms with E-state index in [4.69, 9.17) is 11.6 Å². The maximum absolute atomic E-state index is 13.0. The molecular formula is C26H23ClN4O2. The molecule has 0 aliphatic rings. The highest BCUT2D eigenvalue weighted by Gasteiger charge is 2.17. The highest BCUT2D eigenvalue weighted by molar-refractivity contribution is 6.30. The van der Waals surface area contributed by atoms with Crippen LogP contribution in [-0.2, 0) is 13.0 Å². The molecule has 166 valence electrons. The molecule has 0 aliphatic heterocycles. The van der Waals surface area contributed by atoms with Crippen LogP contribution in [0.25, 0.3) is 21.8 Å². The van der Waals surface area contributed by atoms with Gasteiger partial charge in [-0.05, 0) is 60.9 Å². The highest BCUT2D eigenvalue weighted by atomic mass is 35.5. The number of aromatic nitrogens is 3. The summed E-state index contributed by atoms with van der Waals surface area (Å²) < 4.78 is 1.85. The molecule has 3 aromatic carbocycles. The topological polar surface area (TPSA) is 82.9 Å². The van der Waals surface area contributed by atoms with Gasteiger partial charge in [0.2, 0.25) is 0 Å². The van der Waals surface area contributed by atoms with E-state index in [0.717, 1.165) is 38.6 Å². The van der Waals surface area contributed by atoms with Gasteiger partial charge in [0.15, 0.2) is 5.69 Å². The highest BCUT2D eigenvalue weighted by Crippen LogP contribution is 2.26. The Hall–Kier alpha value is -3.77. The van der Waals surface area contributed by atoms with Crippen LogP contribution in [0.4, 0.5) is 0 Å². The van der Waals surface area contributed by atoms with Gasteiger partial charge in [-0.1, -0.05) is 41.9 Å². The van der Waals surface area contributed by atoms with Crippen molar-refractivity contribution in [2.75, 3.05) is 6.54 Å². The van der Waals surface area contributed by atoms with E-state index in [0.29, 0.717) is 30.2 Å². The molecule has 0 bridgehead atoms. The second-order valence-corrected chi connectivity index (χ2v) is 8.55. The van der Waals surface area contributed by atoms with E-state index in [1.165, 1.54) is 0 Å². The zero-order valence-corrected chi connectivity index (χ0v) is 18.9. The van der Waals surface area contributed by atoms with Crippen molar-refractivity contribution in [1.82, 2.24) is 20.1 Å². The van der Waals surface area contributed by atoms with Crippen molar-refractivity contribution in [2.24, 2.45) is 0 Å². The van der Waals surface area contributed by atoms with Crippen molar-refractivity contribution in [3.05, 3.63) is 94.3 Å². The lowest BCUT2D eigenvalue weighted by atomic mass is 10.1. The molecule has 0 fully saturated rings. The molecular weight excluding hydrogens is 436 g/mol. The second kappa shape index (κ2) is 8.64. The third-order valence-electron chi connectivity index (χ3n) is 5.88. The molecule has 2 heterocycles. The van der Waals surface area contributed by atoms with Crippen LogP contribution in [0, 0.1) is 6.92 Å². The average Bonchev–Trinajstić information content (AvgIpc) is 3.33. The minimum atomic E-state index is -0.207. The smallest absolute Gasteiger partial charge is 0.272 e. The zero-order valence-electron chi connectivity index (χ0n) is 18.1. The monoisotopic (exact) mass is 458 g/mol. The van der Waals surface area contributed by atoms with Gasteiger partial charge in [0, 0.05) is 33.6 Å². The maximum Gasteiger partial charge on any atom is 0.272 e. The number of carbonyl (C=O) groups excluding carboxylic acids is 1. The normalized spacial score (nSPS) is 11.3. The van der Waals surface area contributed by atoms with Gasteiger partial charge < -0.3 is 15.4 Å². The van der Waals surface area contributed by atoms with Crippen molar-refractivity contribution in [3.8, 4) is 5.75 Å². The van der Waals surface area contributed by atoms with Crippen molar-refractivity contribution >= 4 is 39.3 Å². The van der Waals surface area contributed by atoms with Crippen molar-refractivity contribution in [1.29, 1.82) is 0 Å². The first-order valence-corrected chi connectivity index (χ1v) is 11.2. The molecule has 0 aliphatic carbocycles. The number of halogens is 1. The summed E-state index contributed by atoms with van der Waals surface area (Å²) in [5.41, 5.74) is 5.45. The van der Waals surface area contributed by atoms with Gasteiger partial charge in [-0.2, -0.15) is 5.10 Å². The number of nitrogens with one attached hydrogen (secondary N) is 2. The molecule has 0 saturated heterocycles. The molecule has 5 rings (SSSR count). The lowest BCUT2D eigenvalue weighted by Crippen LogP contribution is -2.26. The molecule has 33 heavy (non-hydrogen) atoms. The van der Waals surface area contributed by atoms with Crippen molar-refractivity contribution in [2.45, 2.75) is 19.9 Å². The van der Waals surface area contributed by atoms with E-state index < -0.39 is 0 Å². The number of phenolic OH excluding ortho intramolecular Hbond substituents is 1. The van der Waals surface area contributed by atoms with E-state index in [2.05, 4.69) is 15.4 Å². The number of carbonyl (C=O) groups is 1. The van der Waals surface area contributed by atoms with Gasteiger partial charge in [0.1, 0.15) is 5.75 Å². The standard InChI is InChI=1S/C26H23ClN4O2/c1-16-20(22-14-19(32)10-11-23(22)29-16)12-13-28-26(33)25-21-4-2-3-5-24(21)31(30-25)15-17-6-8-18(27)9-7-17/h2-11,14,29,32H,12-13,15H2,1H3,(H,28,33). The van der Waals surface area contributed by atoms with Crippen LogP contribution in [-0.4, -0.2) is 32.3 Å². The Bertz CT molecular complexity index is 1470. The molecule has 0 spiro atoms. The third kappa shape index (κ3) is 4.17. The summed E-state index contributed by atoms with van der Waals surface area (Å²) in [5.74, 6) is 0.0193. The molecule has 0 radical (unpaired) electrons. The number of para-hydroxylation sites is 1. The van der Waals surface area contributed by atoms with E-state index in [-0.39, 0.29) is 11.7 Å². The molecule has 2 aromatic heterocycles. The molecule has 7 heteroatoms. The number of phenols is 1. The summed E-state index contributed by atoms with van der Waals surface area (Å²) in [6.45, 7) is 3.00. The Morgan fingerprint density at radius 2 is 1.88 bits per heavy atom. The van der Waals surface area contributed by atoms with Crippen LogP contribution in [0.15, 0.2) is 66.7 Å². The Morgan fingerprint density at radius 3 is 2.70 bits per heavy atom. The summed E-state index contributed by atoms with van der Waals surface area (Å²) in [5, 5.41) is 20.0. The molecule has 3 N–H and O–H groups in total. The fourth-order valence-electron chi connectivity index (χ4n) is 4.26. The molecule has 0 saturated carbocycles. The lowest BCUT2D eigenvalue weighted by Gasteiger charge is -2.05. The van der Waals surface area contributed by atoms with Gasteiger partial charge in [0.05, 0.1) is 12.1 Å². The van der Waals surface area contributed by atoms with E-state index in [9.17, 15) is 9.90 Å². The summed E-state index contributed by atoms with van der Waals surface area (Å²) in [6, 6.07) is 20.6. The van der Waals surface area contributed by atoms with E-state index >= 15 is 0 Å². The number of benzene rings is 3. The number of fused-ring (bicyclic) bond motifs is 2. The Kier molecular flexibility index (Phi) is 5.52. The van der Waals surface area contributed by atoms with Crippen LogP contribution < -0.4 is 5.32 Å². The number of rotatable bonds is 6. The van der Waals surface area contributed by atoms with Crippen molar-refractivity contribution < 1.29 is 9.90 Å². The van der Waals surface area contributed by atoms with Crippen molar-refractivity contribution in [3.63, 3.8) is 0 Å². The quantitative estimate of drug-likeness (QED) is 0.327. The second-order valence-electron chi connectivity index (χ2n) is 8.11. The van der Waals surface area contributed by atoms with Crippen LogP contribution in [0.5, 0.6) is 5.75 Å². The first-order chi connectivity index (χ1) is 16.0. The predicted octanol–water partition coefficient (Wildman–Crippen LogP) is 5.21. The largest absolute Gasteiger partial charge is 0.508 e. The number of nitrogens with zero attached hydrogens (tertiary/aromatic N) is 2. The Morgan fingerprint density at radius 1 is 1.09 bits per heavy atom. The zero-order chi connectivity index (χ0) is 22.9. The van der Waals surface area contributed by atoms with Gasteiger partial charge in [0.25, 0.3) is 5.91 Å². The molecule has 1 amide bonds. The van der Waals surface area contributed by atoms with Crippen LogP contribution in [0.3, 0.4) is 0 Å². The minimum Gasteiger partial charge on any atom is -0.508 e. The van der Waals surface area contributed by atoms with E-state index in [1.807, 2.05) is 66.2 Å². The number of amides is 1. The van der Waals surface area contributed by atoms with E-state index in [1.54, 1.807) is 12.1 Å². The molecule has 6 nitrogen and oxygen atoms in total. The summed E-state index contributed by atoms with van der Waals surface area (Å²) in [7, 11) is 0. The van der Waals surface area contributed by atoms with Crippen LogP contribution >= 0.6 is 11.6 Å². The Labute approximate surface area is 195 Å². The maximum atomic E-state index is 13.0. The number of hydrogen-bond donors (Lipinski definition) is 3. The average molecular weight is 459 g/mol. The first-order valence-electron chi connectivity index (χ1n) is 10.8. The number of aromatic hydroxyl groups is 1. The van der Waals surface area contributed by atoms with Crippen LogP contribution in [0.2, 0.25) is 5.02 Å². The van der Waals surface area contributed by atoms with Gasteiger partial charge >= 0.3 is 0 Å². The fraction of sp³-hybridized carbons (Fsp3) is 0.154. The summed E-state index contributed by atoms with van der Waals surface area (Å²) >= 11 is 6.00. The lowest BCUT2D eigenvalue weighted by molar-refractivity contribution is 0.0950. The van der Waals surface area contributed by atoms with Gasteiger partial charge in [-0.25, -0.2) is 0 Å². The number of H-pyrrole nitrogens is 1. The number of aromatic amines is 1. The molecule has 0 atom stereocenters. The number of aryl methyl sites for hydroxylation is 1. The first kappa shape index (κ1) is 21.1. The number of hydrogen-bond acceptors (Lipinski definition) is 3. The van der Waals surface area contributed by atoms with Gasteiger partial charge in [-0.15, -0.1) is 0 Å². The third-order valence-corrected chi connectivity index (χ3v) is 6.13. The predicted molar refractivity (Wildman–Crippen MR) is 131 cm³/mol. The summed E-state index contributed by atoms with van der Waals surface area (Å²) in [6.07, 6.45) is 0.643. The van der Waals surface area contributed by atoms with Gasteiger partial charge in [-0.3, -0.25) is 9.48 Å².